The highest BCUT2D eigenvalue weighted by Crippen LogP contribution is 2.38. The van der Waals surface area contributed by atoms with E-state index in [2.05, 4.69) is 21.2 Å². The van der Waals surface area contributed by atoms with Gasteiger partial charge in [0.15, 0.2) is 11.5 Å². The smallest absolute Gasteiger partial charge is 0.329 e. The van der Waals surface area contributed by atoms with Crippen molar-refractivity contribution in [1.82, 2.24) is 10.2 Å². The van der Waals surface area contributed by atoms with E-state index in [1.54, 1.807) is 36.4 Å². The minimum absolute atomic E-state index is 0.0123. The monoisotopic (exact) mass is 528 g/mol. The van der Waals surface area contributed by atoms with Gasteiger partial charge in [0.25, 0.3) is 5.91 Å². The van der Waals surface area contributed by atoms with Crippen molar-refractivity contribution in [2.24, 2.45) is 0 Å². The first kappa shape index (κ1) is 23.4. The van der Waals surface area contributed by atoms with Crippen LogP contribution in [0.25, 0.3) is 6.08 Å². The number of nitrogens with zero attached hydrogens (tertiary/aromatic N) is 1. The van der Waals surface area contributed by atoms with Crippen LogP contribution in [0.2, 0.25) is 0 Å². The van der Waals surface area contributed by atoms with Crippen LogP contribution in [0.4, 0.5) is 13.6 Å². The molecule has 174 valence electrons. The predicted octanol–water partition coefficient (Wildman–Crippen LogP) is 5.41. The third-order valence-electron chi connectivity index (χ3n) is 5.14. The molecule has 4 rings (SSSR count). The Bertz CT molecular complexity index is 1300. The molecule has 0 atom stereocenters. The van der Waals surface area contributed by atoms with Crippen molar-refractivity contribution >= 4 is 33.9 Å². The van der Waals surface area contributed by atoms with Gasteiger partial charge in [0.05, 0.1) is 18.1 Å². The molecule has 3 aromatic carbocycles. The lowest BCUT2D eigenvalue weighted by Crippen LogP contribution is -2.30. The maximum atomic E-state index is 14.0. The first-order chi connectivity index (χ1) is 16.4. The van der Waals surface area contributed by atoms with Gasteiger partial charge >= 0.3 is 6.03 Å². The standard InChI is InChI=1S/C25H19BrF2N2O4/c1-33-22-12-15(10-18(26)23(22)34-14-17-7-3-5-9-20(17)28)11-21-24(31)30(25(32)29-21)13-16-6-2-4-8-19(16)27/h2-12H,13-14H2,1H3,(H,29,32)/b21-11+. The molecule has 0 unspecified atom stereocenters. The highest BCUT2D eigenvalue weighted by molar-refractivity contribution is 9.10. The average molecular weight is 529 g/mol. The van der Waals surface area contributed by atoms with Gasteiger partial charge in [0.1, 0.15) is 23.9 Å². The summed E-state index contributed by atoms with van der Waals surface area (Å²) in [6, 6.07) is 14.9. The number of amides is 3. The topological polar surface area (TPSA) is 67.9 Å². The van der Waals surface area contributed by atoms with Crippen LogP contribution in [0, 0.1) is 11.6 Å². The number of rotatable bonds is 7. The lowest BCUT2D eigenvalue weighted by atomic mass is 10.1. The molecule has 1 N–H and O–H groups in total. The molecule has 3 amide bonds. The minimum Gasteiger partial charge on any atom is -0.493 e. The van der Waals surface area contributed by atoms with Gasteiger partial charge in [-0.3, -0.25) is 9.69 Å². The van der Waals surface area contributed by atoms with Gasteiger partial charge in [0, 0.05) is 11.1 Å². The number of urea groups is 1. The van der Waals surface area contributed by atoms with Gasteiger partial charge in [-0.15, -0.1) is 0 Å². The number of nitrogens with one attached hydrogen (secondary N) is 1. The predicted molar refractivity (Wildman–Crippen MR) is 125 cm³/mol. The van der Waals surface area contributed by atoms with Crippen molar-refractivity contribution in [2.75, 3.05) is 7.11 Å². The van der Waals surface area contributed by atoms with E-state index < -0.39 is 17.8 Å². The number of hydrogen-bond donors (Lipinski definition) is 1. The van der Waals surface area contributed by atoms with E-state index in [9.17, 15) is 18.4 Å². The number of hydrogen-bond acceptors (Lipinski definition) is 4. The normalized spacial score (nSPS) is 14.5. The van der Waals surface area contributed by atoms with E-state index in [-0.39, 0.29) is 30.2 Å². The zero-order valence-corrected chi connectivity index (χ0v) is 19.6. The van der Waals surface area contributed by atoms with E-state index in [4.69, 9.17) is 9.47 Å². The Balaban J connectivity index is 1.55. The van der Waals surface area contributed by atoms with Gasteiger partial charge < -0.3 is 14.8 Å². The third kappa shape index (κ3) is 4.94. The number of carbonyl (C=O) groups is 2. The van der Waals surface area contributed by atoms with Crippen molar-refractivity contribution < 1.29 is 27.8 Å². The molecule has 3 aromatic rings. The number of imide groups is 1. The van der Waals surface area contributed by atoms with Crippen molar-refractivity contribution in [2.45, 2.75) is 13.2 Å². The maximum absolute atomic E-state index is 14.0. The highest BCUT2D eigenvalue weighted by atomic mass is 79.9. The summed E-state index contributed by atoms with van der Waals surface area (Å²) in [6.45, 7) is -0.202. The summed E-state index contributed by atoms with van der Waals surface area (Å²) < 4.78 is 39.6. The maximum Gasteiger partial charge on any atom is 0.329 e. The Morgan fingerprint density at radius 2 is 1.65 bits per heavy atom. The molecule has 1 fully saturated rings. The molecule has 1 aliphatic rings. The Morgan fingerprint density at radius 3 is 2.29 bits per heavy atom. The van der Waals surface area contributed by atoms with E-state index >= 15 is 0 Å². The van der Waals surface area contributed by atoms with E-state index in [0.29, 0.717) is 27.1 Å². The van der Waals surface area contributed by atoms with Gasteiger partial charge in [0.2, 0.25) is 0 Å². The van der Waals surface area contributed by atoms with Crippen molar-refractivity contribution in [3.63, 3.8) is 0 Å². The van der Waals surface area contributed by atoms with Gasteiger partial charge in [-0.1, -0.05) is 36.4 Å². The van der Waals surface area contributed by atoms with Crippen molar-refractivity contribution in [1.29, 1.82) is 0 Å². The number of methoxy groups -OCH3 is 1. The van der Waals surface area contributed by atoms with Gasteiger partial charge in [-0.2, -0.15) is 0 Å². The Hall–Kier alpha value is -3.72. The lowest BCUT2D eigenvalue weighted by molar-refractivity contribution is -0.123. The summed E-state index contributed by atoms with van der Waals surface area (Å²) in [6.07, 6.45) is 1.48. The fourth-order valence-corrected chi connectivity index (χ4v) is 3.98. The summed E-state index contributed by atoms with van der Waals surface area (Å²) >= 11 is 3.42. The Morgan fingerprint density at radius 1 is 1.00 bits per heavy atom. The van der Waals surface area contributed by atoms with Crippen LogP contribution in [0.5, 0.6) is 11.5 Å². The number of carbonyl (C=O) groups excluding carboxylic acids is 2. The van der Waals surface area contributed by atoms with Gasteiger partial charge in [-0.05, 0) is 51.8 Å². The molecule has 1 heterocycles. The van der Waals surface area contributed by atoms with Gasteiger partial charge in [-0.25, -0.2) is 13.6 Å². The highest BCUT2D eigenvalue weighted by Gasteiger charge is 2.34. The van der Waals surface area contributed by atoms with Crippen LogP contribution in [-0.4, -0.2) is 23.9 Å². The fraction of sp³-hybridized carbons (Fsp3) is 0.120. The molecule has 1 saturated heterocycles. The molecule has 9 heteroatoms. The van der Waals surface area contributed by atoms with E-state index in [1.807, 2.05) is 0 Å². The summed E-state index contributed by atoms with van der Waals surface area (Å²) in [5.41, 5.74) is 1.19. The zero-order valence-electron chi connectivity index (χ0n) is 18.0. The fourth-order valence-electron chi connectivity index (χ4n) is 3.41. The van der Waals surface area contributed by atoms with E-state index in [1.165, 1.54) is 37.5 Å². The summed E-state index contributed by atoms with van der Waals surface area (Å²) in [4.78, 5) is 26.1. The first-order valence-corrected chi connectivity index (χ1v) is 11.0. The third-order valence-corrected chi connectivity index (χ3v) is 5.73. The molecular formula is C25H19BrF2N2O4. The number of ether oxygens (including phenoxy) is 2. The molecule has 6 nitrogen and oxygen atoms in total. The van der Waals surface area contributed by atoms with E-state index in [0.717, 1.165) is 4.90 Å². The first-order valence-electron chi connectivity index (χ1n) is 10.2. The second-order valence-corrected chi connectivity index (χ2v) is 8.24. The number of halogens is 3. The number of benzene rings is 3. The molecule has 0 aromatic heterocycles. The Kier molecular flexibility index (Phi) is 6.93. The summed E-state index contributed by atoms with van der Waals surface area (Å²) in [5, 5.41) is 2.51. The van der Waals surface area contributed by atoms with Crippen LogP contribution in [0.1, 0.15) is 16.7 Å². The SMILES string of the molecule is COc1cc(/C=C2/NC(=O)N(Cc3ccccc3F)C2=O)cc(Br)c1OCc1ccccc1F. The van der Waals surface area contributed by atoms with Crippen LogP contribution < -0.4 is 14.8 Å². The molecule has 34 heavy (non-hydrogen) atoms. The molecule has 0 radical (unpaired) electrons. The second-order valence-electron chi connectivity index (χ2n) is 7.39. The van der Waals surface area contributed by atoms with Crippen molar-refractivity contribution in [3.05, 3.63) is 99.2 Å². The molecule has 0 saturated carbocycles. The lowest BCUT2D eigenvalue weighted by Gasteiger charge is -2.14. The minimum atomic E-state index is -0.643. The van der Waals surface area contributed by atoms with Crippen LogP contribution >= 0.6 is 15.9 Å². The molecule has 0 spiro atoms. The van der Waals surface area contributed by atoms with Crippen LogP contribution in [0.15, 0.2) is 70.8 Å². The summed E-state index contributed by atoms with van der Waals surface area (Å²) in [5.74, 6) is -0.758. The quantitative estimate of drug-likeness (QED) is 0.329. The molecule has 0 aliphatic carbocycles. The Labute approximate surface area is 202 Å². The molecule has 0 bridgehead atoms. The summed E-state index contributed by atoms with van der Waals surface area (Å²) in [7, 11) is 1.45. The van der Waals surface area contributed by atoms with Crippen LogP contribution in [-0.2, 0) is 17.9 Å². The second kappa shape index (κ2) is 10.0. The van der Waals surface area contributed by atoms with Crippen molar-refractivity contribution in [3.8, 4) is 11.5 Å². The van der Waals surface area contributed by atoms with Crippen LogP contribution in [0.3, 0.4) is 0 Å². The zero-order chi connectivity index (χ0) is 24.2. The average Bonchev–Trinajstić information content (AvgIpc) is 3.07. The molecule has 1 aliphatic heterocycles. The molecular weight excluding hydrogens is 510 g/mol. The largest absolute Gasteiger partial charge is 0.493 e.